The maximum atomic E-state index is 5.98. The molecule has 2 rings (SSSR count). The highest BCUT2D eigenvalue weighted by molar-refractivity contribution is 7.80. The van der Waals surface area contributed by atoms with Gasteiger partial charge >= 0.3 is 0 Å². The predicted molar refractivity (Wildman–Crippen MR) is 83.1 cm³/mol. The highest BCUT2D eigenvalue weighted by atomic mass is 35.5. The second-order valence-corrected chi connectivity index (χ2v) is 5.79. The number of thiocarbonyl (C=S) groups is 1. The van der Waals surface area contributed by atoms with E-state index in [2.05, 4.69) is 11.9 Å². The summed E-state index contributed by atoms with van der Waals surface area (Å²) >= 11 is 11.0. The van der Waals surface area contributed by atoms with Gasteiger partial charge in [0.1, 0.15) is 10.7 Å². The molecule has 1 atom stereocenters. The largest absolute Gasteiger partial charge is 0.493 e. The third kappa shape index (κ3) is 3.81. The van der Waals surface area contributed by atoms with Gasteiger partial charge in [-0.2, -0.15) is 0 Å². The van der Waals surface area contributed by atoms with Crippen LogP contribution >= 0.6 is 23.8 Å². The van der Waals surface area contributed by atoms with Crippen molar-refractivity contribution < 1.29 is 4.74 Å². The van der Waals surface area contributed by atoms with Gasteiger partial charge in [0, 0.05) is 11.1 Å². The summed E-state index contributed by atoms with van der Waals surface area (Å²) in [6.07, 6.45) is 3.54. The van der Waals surface area contributed by atoms with Crippen LogP contribution in [0.5, 0.6) is 5.75 Å². The van der Waals surface area contributed by atoms with E-state index >= 15 is 0 Å². The fourth-order valence-corrected chi connectivity index (χ4v) is 2.80. The topological polar surface area (TPSA) is 38.5 Å². The molecule has 0 bridgehead atoms. The summed E-state index contributed by atoms with van der Waals surface area (Å²) in [6, 6.07) is 5.97. The Labute approximate surface area is 124 Å². The zero-order valence-corrected chi connectivity index (χ0v) is 12.6. The molecule has 1 aromatic rings. The average molecular weight is 299 g/mol. The zero-order valence-electron chi connectivity index (χ0n) is 11.1. The Hall–Kier alpha value is -0.840. The number of nitrogens with two attached hydrogens (primary N) is 1. The van der Waals surface area contributed by atoms with Crippen molar-refractivity contribution in [3.8, 4) is 5.75 Å². The summed E-state index contributed by atoms with van der Waals surface area (Å²) in [5.41, 5.74) is 6.43. The van der Waals surface area contributed by atoms with Crippen LogP contribution in [-0.4, -0.2) is 36.1 Å². The molecule has 0 aromatic heterocycles. The highest BCUT2D eigenvalue weighted by Gasteiger charge is 2.20. The SMILES string of the molecule is CN1CCCC1CCOc1cc(Cl)ccc1C(N)=S. The van der Waals surface area contributed by atoms with Gasteiger partial charge in [0.2, 0.25) is 0 Å². The maximum absolute atomic E-state index is 5.98. The first kappa shape index (κ1) is 14.6. The first-order valence-corrected chi connectivity index (χ1v) is 7.29. The van der Waals surface area contributed by atoms with Crippen molar-refractivity contribution in [1.82, 2.24) is 4.90 Å². The molecule has 1 fully saturated rings. The quantitative estimate of drug-likeness (QED) is 0.849. The van der Waals surface area contributed by atoms with Crippen molar-refractivity contribution in [2.75, 3.05) is 20.2 Å². The number of halogens is 1. The van der Waals surface area contributed by atoms with Gasteiger partial charge in [-0.25, -0.2) is 0 Å². The fourth-order valence-electron chi connectivity index (χ4n) is 2.47. The van der Waals surface area contributed by atoms with Crippen molar-refractivity contribution in [3.63, 3.8) is 0 Å². The lowest BCUT2D eigenvalue weighted by atomic mass is 10.1. The summed E-state index contributed by atoms with van der Waals surface area (Å²) in [6.45, 7) is 1.84. The first-order valence-electron chi connectivity index (χ1n) is 6.50. The second kappa shape index (κ2) is 6.55. The molecule has 2 N–H and O–H groups in total. The van der Waals surface area contributed by atoms with Crippen LogP contribution in [0.25, 0.3) is 0 Å². The lowest BCUT2D eigenvalue weighted by molar-refractivity contribution is 0.233. The minimum absolute atomic E-state index is 0.338. The number of hydrogen-bond acceptors (Lipinski definition) is 3. The minimum atomic E-state index is 0.338. The molecule has 1 saturated heterocycles. The van der Waals surface area contributed by atoms with E-state index in [-0.39, 0.29) is 0 Å². The second-order valence-electron chi connectivity index (χ2n) is 4.92. The number of rotatable bonds is 5. The van der Waals surface area contributed by atoms with Crippen LogP contribution in [-0.2, 0) is 0 Å². The Morgan fingerprint density at radius 1 is 1.58 bits per heavy atom. The van der Waals surface area contributed by atoms with E-state index in [4.69, 9.17) is 34.3 Å². The normalized spacial score (nSPS) is 19.6. The lowest BCUT2D eigenvalue weighted by Gasteiger charge is -2.19. The van der Waals surface area contributed by atoms with Crippen LogP contribution in [0.1, 0.15) is 24.8 Å². The van der Waals surface area contributed by atoms with Crippen LogP contribution in [0.3, 0.4) is 0 Å². The Morgan fingerprint density at radius 2 is 2.37 bits per heavy atom. The van der Waals surface area contributed by atoms with Gasteiger partial charge in [-0.1, -0.05) is 23.8 Å². The Balaban J connectivity index is 1.95. The molecule has 0 radical (unpaired) electrons. The molecule has 1 aliphatic rings. The minimum Gasteiger partial charge on any atom is -0.493 e. The third-order valence-corrected chi connectivity index (χ3v) is 4.04. The van der Waals surface area contributed by atoms with Gasteiger partial charge in [0.15, 0.2) is 0 Å². The number of likely N-dealkylation sites (tertiary alicyclic amines) is 1. The van der Waals surface area contributed by atoms with Crippen molar-refractivity contribution in [2.45, 2.75) is 25.3 Å². The van der Waals surface area contributed by atoms with Gasteiger partial charge in [0.05, 0.1) is 12.2 Å². The van der Waals surface area contributed by atoms with Crippen molar-refractivity contribution in [2.24, 2.45) is 5.73 Å². The third-order valence-electron chi connectivity index (χ3n) is 3.59. The molecule has 1 heterocycles. The Morgan fingerprint density at radius 3 is 3.00 bits per heavy atom. The van der Waals surface area contributed by atoms with Crippen molar-refractivity contribution in [3.05, 3.63) is 28.8 Å². The maximum Gasteiger partial charge on any atom is 0.130 e. The Kier molecular flexibility index (Phi) is 5.02. The molecule has 1 aromatic carbocycles. The van der Waals surface area contributed by atoms with Crippen LogP contribution in [0.4, 0.5) is 0 Å². The molecule has 0 aliphatic carbocycles. The molecule has 0 amide bonds. The molecule has 0 saturated carbocycles. The highest BCUT2D eigenvalue weighted by Crippen LogP contribution is 2.24. The molecule has 19 heavy (non-hydrogen) atoms. The summed E-state index contributed by atoms with van der Waals surface area (Å²) in [5, 5.41) is 0.632. The summed E-state index contributed by atoms with van der Waals surface area (Å²) < 4.78 is 5.81. The number of benzene rings is 1. The van der Waals surface area contributed by atoms with Gasteiger partial charge < -0.3 is 15.4 Å². The van der Waals surface area contributed by atoms with E-state index in [0.717, 1.165) is 12.0 Å². The molecular weight excluding hydrogens is 280 g/mol. The number of ether oxygens (including phenoxy) is 1. The van der Waals surface area contributed by atoms with Gasteiger partial charge in [-0.3, -0.25) is 0 Å². The van der Waals surface area contributed by atoms with Crippen LogP contribution in [0.2, 0.25) is 5.02 Å². The molecule has 3 nitrogen and oxygen atoms in total. The van der Waals surface area contributed by atoms with E-state index in [1.807, 2.05) is 6.07 Å². The Bertz CT molecular complexity index is 467. The summed E-state index contributed by atoms with van der Waals surface area (Å²) in [5.74, 6) is 0.681. The molecule has 1 unspecified atom stereocenters. The van der Waals surface area contributed by atoms with Crippen LogP contribution < -0.4 is 10.5 Å². The van der Waals surface area contributed by atoms with E-state index in [1.54, 1.807) is 12.1 Å². The standard InChI is InChI=1S/C14H19ClN2OS/c1-17-7-2-3-11(17)6-8-18-13-9-10(15)4-5-12(13)14(16)19/h4-5,9,11H,2-3,6-8H2,1H3,(H2,16,19). The fraction of sp³-hybridized carbons (Fsp3) is 0.500. The summed E-state index contributed by atoms with van der Waals surface area (Å²) in [4.78, 5) is 2.72. The van der Waals surface area contributed by atoms with Crippen LogP contribution in [0, 0.1) is 0 Å². The van der Waals surface area contributed by atoms with Gasteiger partial charge in [0.25, 0.3) is 0 Å². The van der Waals surface area contributed by atoms with Crippen molar-refractivity contribution in [1.29, 1.82) is 0 Å². The van der Waals surface area contributed by atoms with E-state index in [1.165, 1.54) is 19.4 Å². The number of hydrogen-bond donors (Lipinski definition) is 1. The first-order chi connectivity index (χ1) is 9.08. The number of nitrogens with zero attached hydrogens (tertiary/aromatic N) is 1. The van der Waals surface area contributed by atoms with Crippen LogP contribution in [0.15, 0.2) is 18.2 Å². The summed E-state index contributed by atoms with van der Waals surface area (Å²) in [7, 11) is 2.16. The lowest BCUT2D eigenvalue weighted by Crippen LogP contribution is -2.26. The average Bonchev–Trinajstić information content (AvgIpc) is 2.75. The van der Waals surface area contributed by atoms with Gasteiger partial charge in [-0.05, 0) is 51.1 Å². The van der Waals surface area contributed by atoms with Gasteiger partial charge in [-0.15, -0.1) is 0 Å². The van der Waals surface area contributed by atoms with E-state index < -0.39 is 0 Å². The van der Waals surface area contributed by atoms with E-state index in [9.17, 15) is 0 Å². The molecule has 104 valence electrons. The smallest absolute Gasteiger partial charge is 0.130 e. The monoisotopic (exact) mass is 298 g/mol. The molecular formula is C14H19ClN2OS. The van der Waals surface area contributed by atoms with E-state index in [0.29, 0.717) is 28.4 Å². The molecule has 5 heteroatoms. The molecule has 0 spiro atoms. The zero-order chi connectivity index (χ0) is 13.8. The van der Waals surface area contributed by atoms with Crippen molar-refractivity contribution >= 4 is 28.8 Å². The predicted octanol–water partition coefficient (Wildman–Crippen LogP) is 2.84. The molecule has 1 aliphatic heterocycles.